The van der Waals surface area contributed by atoms with Gasteiger partial charge in [0.25, 0.3) is 0 Å². The lowest BCUT2D eigenvalue weighted by Crippen LogP contribution is -2.23. The number of aliphatic hydroxyl groups is 3. The highest BCUT2D eigenvalue weighted by atomic mass is 19.1. The van der Waals surface area contributed by atoms with Gasteiger partial charge < -0.3 is 35.1 Å². The summed E-state index contributed by atoms with van der Waals surface area (Å²) in [5.41, 5.74) is 3.83. The summed E-state index contributed by atoms with van der Waals surface area (Å²) in [7, 11) is 1.50. The fraction of sp³-hybridized carbons (Fsp3) is 0.250. The van der Waals surface area contributed by atoms with Crippen LogP contribution in [0.25, 0.3) is 10.9 Å². The molecule has 194 valence electrons. The van der Waals surface area contributed by atoms with Crippen molar-refractivity contribution in [3.8, 4) is 11.5 Å². The van der Waals surface area contributed by atoms with Crippen LogP contribution < -0.4 is 14.8 Å². The number of ketones is 1. The van der Waals surface area contributed by atoms with Crippen LogP contribution >= 0.6 is 0 Å². The van der Waals surface area contributed by atoms with E-state index >= 15 is 0 Å². The molecule has 0 aliphatic rings. The second-order valence-electron chi connectivity index (χ2n) is 8.60. The SMILES string of the molecule is COc1cc(NC(C(=O)c2c[nH]c3cc(CO)c(C)cc23)c2ccc(F)cc2CO)cc(OCCO)c1. The zero-order valence-electron chi connectivity index (χ0n) is 20.5. The molecule has 3 aromatic carbocycles. The van der Waals surface area contributed by atoms with Crippen LogP contribution in [-0.2, 0) is 13.2 Å². The Morgan fingerprint density at radius 2 is 1.78 bits per heavy atom. The minimum atomic E-state index is -1.00. The number of aromatic nitrogens is 1. The molecule has 0 saturated carbocycles. The average molecular weight is 509 g/mol. The van der Waals surface area contributed by atoms with Crippen molar-refractivity contribution in [1.29, 1.82) is 0 Å². The molecular formula is C28H29FN2O6. The summed E-state index contributed by atoms with van der Waals surface area (Å²) in [5.74, 6) is 0.0383. The van der Waals surface area contributed by atoms with Gasteiger partial charge in [0.05, 0.1) is 26.9 Å². The first kappa shape index (κ1) is 26.2. The minimum absolute atomic E-state index is 0.0755. The lowest BCUT2D eigenvalue weighted by atomic mass is 9.92. The zero-order valence-corrected chi connectivity index (χ0v) is 20.5. The van der Waals surface area contributed by atoms with E-state index in [1.54, 1.807) is 30.5 Å². The summed E-state index contributed by atoms with van der Waals surface area (Å²) in [4.78, 5) is 17.1. The van der Waals surface area contributed by atoms with Crippen molar-refractivity contribution in [3.05, 3.63) is 88.4 Å². The number of carbonyl (C=O) groups is 1. The van der Waals surface area contributed by atoms with Crippen molar-refractivity contribution in [3.63, 3.8) is 0 Å². The highest BCUT2D eigenvalue weighted by molar-refractivity contribution is 6.11. The maximum absolute atomic E-state index is 14.1. The number of aliphatic hydroxyl groups excluding tert-OH is 3. The number of methoxy groups -OCH3 is 1. The number of aryl methyl sites for hydroxylation is 1. The Hall–Kier alpha value is -3.92. The molecule has 37 heavy (non-hydrogen) atoms. The molecule has 4 aromatic rings. The van der Waals surface area contributed by atoms with E-state index in [1.165, 1.54) is 25.3 Å². The molecule has 1 unspecified atom stereocenters. The van der Waals surface area contributed by atoms with Crippen molar-refractivity contribution in [2.45, 2.75) is 26.2 Å². The second kappa shape index (κ2) is 11.4. The number of fused-ring (bicyclic) bond motifs is 1. The van der Waals surface area contributed by atoms with Gasteiger partial charge in [-0.25, -0.2) is 4.39 Å². The van der Waals surface area contributed by atoms with Gasteiger partial charge in [-0.3, -0.25) is 4.79 Å². The van der Waals surface area contributed by atoms with E-state index in [2.05, 4.69) is 10.3 Å². The predicted octanol–water partition coefficient (Wildman–Crippen LogP) is 4.02. The number of hydrogen-bond donors (Lipinski definition) is 5. The topological polar surface area (TPSA) is 124 Å². The Balaban J connectivity index is 1.82. The summed E-state index contributed by atoms with van der Waals surface area (Å²) >= 11 is 0. The highest BCUT2D eigenvalue weighted by Crippen LogP contribution is 2.34. The molecule has 0 spiro atoms. The predicted molar refractivity (Wildman–Crippen MR) is 138 cm³/mol. The summed E-state index contributed by atoms with van der Waals surface area (Å²) in [6.07, 6.45) is 1.60. The first-order valence-electron chi connectivity index (χ1n) is 11.7. The van der Waals surface area contributed by atoms with Crippen LogP contribution in [0.15, 0.2) is 54.7 Å². The zero-order chi connectivity index (χ0) is 26.5. The Bertz CT molecular complexity index is 1420. The number of halogens is 1. The Labute approximate surface area is 213 Å². The molecule has 0 amide bonds. The van der Waals surface area contributed by atoms with E-state index in [1.807, 2.05) is 13.0 Å². The number of anilines is 1. The number of carbonyl (C=O) groups excluding carboxylic acids is 1. The third-order valence-corrected chi connectivity index (χ3v) is 6.21. The van der Waals surface area contributed by atoms with Crippen molar-refractivity contribution in [2.24, 2.45) is 0 Å². The number of H-pyrrole nitrogens is 1. The van der Waals surface area contributed by atoms with Crippen molar-refractivity contribution >= 4 is 22.4 Å². The van der Waals surface area contributed by atoms with Crippen molar-refractivity contribution in [1.82, 2.24) is 4.98 Å². The van der Waals surface area contributed by atoms with Gasteiger partial charge in [-0.1, -0.05) is 6.07 Å². The van der Waals surface area contributed by atoms with Crippen molar-refractivity contribution in [2.75, 3.05) is 25.6 Å². The van der Waals surface area contributed by atoms with Gasteiger partial charge in [0.1, 0.15) is 30.0 Å². The fourth-order valence-electron chi connectivity index (χ4n) is 4.32. The first-order valence-corrected chi connectivity index (χ1v) is 11.7. The standard InChI is InChI=1S/C28H29FN2O6/c1-16-7-24-25(13-30-26(24)9-17(16)14-33)28(35)27(23-4-3-19(29)8-18(23)15-34)31-20-10-21(36-2)12-22(11-20)37-6-5-32/h3-4,7-13,27,30-34H,5-6,14-15H2,1-2H3. The lowest BCUT2D eigenvalue weighted by Gasteiger charge is -2.22. The smallest absolute Gasteiger partial charge is 0.191 e. The van der Waals surface area contributed by atoms with E-state index in [4.69, 9.17) is 14.6 Å². The molecule has 0 bridgehead atoms. The van der Waals surface area contributed by atoms with Gasteiger partial charge in [0.15, 0.2) is 5.78 Å². The molecule has 0 saturated heterocycles. The molecule has 1 atom stereocenters. The quantitative estimate of drug-likeness (QED) is 0.194. The molecule has 0 aliphatic carbocycles. The molecule has 5 N–H and O–H groups in total. The molecule has 0 radical (unpaired) electrons. The van der Waals surface area contributed by atoms with E-state index in [9.17, 15) is 19.4 Å². The molecule has 8 nitrogen and oxygen atoms in total. The van der Waals surface area contributed by atoms with Gasteiger partial charge in [-0.15, -0.1) is 0 Å². The minimum Gasteiger partial charge on any atom is -0.497 e. The van der Waals surface area contributed by atoms with E-state index in [-0.39, 0.29) is 31.2 Å². The van der Waals surface area contributed by atoms with Gasteiger partial charge >= 0.3 is 0 Å². The summed E-state index contributed by atoms with van der Waals surface area (Å²) in [5, 5.41) is 32.6. The van der Waals surface area contributed by atoms with Gasteiger partial charge in [-0.2, -0.15) is 0 Å². The van der Waals surface area contributed by atoms with Gasteiger partial charge in [0.2, 0.25) is 0 Å². The van der Waals surface area contributed by atoms with Gasteiger partial charge in [-0.05, 0) is 53.4 Å². The highest BCUT2D eigenvalue weighted by Gasteiger charge is 2.27. The third-order valence-electron chi connectivity index (χ3n) is 6.21. The average Bonchev–Trinajstić information content (AvgIpc) is 3.32. The Morgan fingerprint density at radius 3 is 2.49 bits per heavy atom. The Kier molecular flexibility index (Phi) is 8.08. The van der Waals surface area contributed by atoms with Crippen LogP contribution in [0.3, 0.4) is 0 Å². The fourth-order valence-corrected chi connectivity index (χ4v) is 4.32. The van der Waals surface area contributed by atoms with Crippen LogP contribution in [0.1, 0.15) is 38.7 Å². The molecule has 4 rings (SSSR count). The summed E-state index contributed by atoms with van der Waals surface area (Å²) < 4.78 is 24.9. The normalized spacial score (nSPS) is 11.9. The van der Waals surface area contributed by atoms with E-state index < -0.39 is 18.5 Å². The van der Waals surface area contributed by atoms with Crippen LogP contribution in [0.4, 0.5) is 10.1 Å². The van der Waals surface area contributed by atoms with Gasteiger partial charge in [0, 0.05) is 46.5 Å². The molecule has 9 heteroatoms. The van der Waals surface area contributed by atoms with E-state index in [0.29, 0.717) is 39.2 Å². The largest absolute Gasteiger partial charge is 0.497 e. The number of aromatic amines is 1. The maximum Gasteiger partial charge on any atom is 0.191 e. The molecule has 1 heterocycles. The number of Topliss-reactive ketones (excluding diaryl/α,β-unsaturated/α-hetero) is 1. The number of hydrogen-bond acceptors (Lipinski definition) is 7. The molecule has 0 fully saturated rings. The van der Waals surface area contributed by atoms with Crippen LogP contribution in [-0.4, -0.2) is 46.4 Å². The first-order chi connectivity index (χ1) is 17.9. The number of nitrogens with one attached hydrogen (secondary N) is 2. The van der Waals surface area contributed by atoms with Crippen LogP contribution in [0, 0.1) is 12.7 Å². The molecule has 0 aliphatic heterocycles. The van der Waals surface area contributed by atoms with Crippen LogP contribution in [0.2, 0.25) is 0 Å². The summed E-state index contributed by atoms with van der Waals surface area (Å²) in [6.45, 7) is 1.17. The monoisotopic (exact) mass is 508 g/mol. The summed E-state index contributed by atoms with van der Waals surface area (Å²) in [6, 6.07) is 11.5. The second-order valence-corrected chi connectivity index (χ2v) is 8.60. The van der Waals surface area contributed by atoms with Crippen LogP contribution in [0.5, 0.6) is 11.5 Å². The van der Waals surface area contributed by atoms with E-state index in [0.717, 1.165) is 11.1 Å². The third kappa shape index (κ3) is 5.59. The molecule has 1 aromatic heterocycles. The molecular weight excluding hydrogens is 479 g/mol. The number of rotatable bonds is 11. The number of benzene rings is 3. The number of ether oxygens (including phenoxy) is 2. The lowest BCUT2D eigenvalue weighted by molar-refractivity contribution is 0.0970. The Morgan fingerprint density at radius 1 is 1.03 bits per heavy atom. The maximum atomic E-state index is 14.1. The van der Waals surface area contributed by atoms with Crippen molar-refractivity contribution < 1.29 is 34.0 Å².